The zero-order valence-electron chi connectivity index (χ0n) is 22.8. The van der Waals surface area contributed by atoms with Crippen LogP contribution in [0.3, 0.4) is 0 Å². The summed E-state index contributed by atoms with van der Waals surface area (Å²) in [6.45, 7) is 0. The maximum atomic E-state index is 13.7. The number of nitrogens with zero attached hydrogens (tertiary/aromatic N) is 2. The maximum absolute atomic E-state index is 13.7. The van der Waals surface area contributed by atoms with E-state index in [2.05, 4.69) is 11.4 Å². The van der Waals surface area contributed by atoms with Crippen molar-refractivity contribution in [3.63, 3.8) is 0 Å². The first-order valence-electron chi connectivity index (χ1n) is 13.5. The summed E-state index contributed by atoms with van der Waals surface area (Å²) in [5.74, 6) is -3.09. The zero-order valence-corrected chi connectivity index (χ0v) is 22.8. The van der Waals surface area contributed by atoms with Gasteiger partial charge in [-0.2, -0.15) is 5.26 Å². The second-order valence-electron chi connectivity index (χ2n) is 9.87. The Bertz CT molecular complexity index is 1370. The summed E-state index contributed by atoms with van der Waals surface area (Å²) >= 11 is 0. The third-order valence-electron chi connectivity index (χ3n) is 7.44. The molecule has 1 unspecified atom stereocenters. The lowest BCUT2D eigenvalue weighted by molar-refractivity contribution is -0.139. The average Bonchev–Trinajstić information content (AvgIpc) is 2.97. The fourth-order valence-corrected chi connectivity index (χ4v) is 5.49. The highest BCUT2D eigenvalue weighted by atomic mass is 16.5. The number of ether oxygens (including phenoxy) is 2. The second-order valence-corrected chi connectivity index (χ2v) is 9.87. The average molecular weight is 543 g/mol. The topological polar surface area (TPSA) is 135 Å². The summed E-state index contributed by atoms with van der Waals surface area (Å²) in [4.78, 5) is 41.6. The van der Waals surface area contributed by atoms with Crippen molar-refractivity contribution in [1.82, 2.24) is 5.32 Å². The monoisotopic (exact) mass is 542 g/mol. The first-order valence-corrected chi connectivity index (χ1v) is 13.5. The molecule has 1 fully saturated rings. The number of amides is 1. The summed E-state index contributed by atoms with van der Waals surface area (Å²) in [6, 6.07) is 17.6. The molecule has 208 valence electrons. The van der Waals surface area contributed by atoms with Gasteiger partial charge >= 0.3 is 11.9 Å². The third kappa shape index (κ3) is 5.71. The lowest BCUT2D eigenvalue weighted by Gasteiger charge is -2.36. The number of esters is 2. The zero-order chi connectivity index (χ0) is 28.6. The number of nitriles is 1. The van der Waals surface area contributed by atoms with Gasteiger partial charge in [0.15, 0.2) is 0 Å². The highest BCUT2D eigenvalue weighted by molar-refractivity contribution is 6.08. The number of nitrogens with two attached hydrogens (primary N) is 1. The minimum absolute atomic E-state index is 0.0217. The fraction of sp³-hybridized carbons (Fsp3) is 0.355. The molecule has 0 radical (unpaired) electrons. The second kappa shape index (κ2) is 13.0. The van der Waals surface area contributed by atoms with E-state index in [0.29, 0.717) is 5.56 Å². The van der Waals surface area contributed by atoms with Crippen LogP contribution in [0.4, 0.5) is 5.69 Å². The highest BCUT2D eigenvalue weighted by Crippen LogP contribution is 2.43. The van der Waals surface area contributed by atoms with Gasteiger partial charge in [0.25, 0.3) is 5.91 Å². The number of nitrogens with one attached hydrogen (secondary N) is 1. The Kier molecular flexibility index (Phi) is 9.23. The molecule has 1 amide bonds. The Morgan fingerprint density at radius 3 is 2.12 bits per heavy atom. The Balaban J connectivity index is 1.89. The van der Waals surface area contributed by atoms with Gasteiger partial charge in [0.05, 0.1) is 48.6 Å². The van der Waals surface area contributed by atoms with E-state index >= 15 is 0 Å². The van der Waals surface area contributed by atoms with Crippen molar-refractivity contribution in [1.29, 1.82) is 5.26 Å². The fourth-order valence-electron chi connectivity index (χ4n) is 5.49. The number of allylic oxidation sites excluding steroid dienone is 1. The van der Waals surface area contributed by atoms with Gasteiger partial charge in [-0.15, -0.1) is 0 Å². The van der Waals surface area contributed by atoms with Crippen molar-refractivity contribution in [2.75, 3.05) is 19.1 Å². The first kappa shape index (κ1) is 28.4. The van der Waals surface area contributed by atoms with E-state index in [9.17, 15) is 19.6 Å². The van der Waals surface area contributed by atoms with Crippen LogP contribution in [-0.2, 0) is 19.1 Å². The van der Waals surface area contributed by atoms with Crippen LogP contribution in [0, 0.1) is 11.3 Å². The van der Waals surface area contributed by atoms with Crippen LogP contribution in [0.15, 0.2) is 77.3 Å². The molecule has 9 nitrogen and oxygen atoms in total. The van der Waals surface area contributed by atoms with Crippen LogP contribution in [0.5, 0.6) is 0 Å². The molecule has 2 aliphatic rings. The van der Waals surface area contributed by atoms with E-state index in [-0.39, 0.29) is 45.9 Å². The number of hydrogen-bond acceptors (Lipinski definition) is 8. The predicted molar refractivity (Wildman–Crippen MR) is 150 cm³/mol. The predicted octanol–water partition coefficient (Wildman–Crippen LogP) is 4.43. The van der Waals surface area contributed by atoms with E-state index in [1.165, 1.54) is 25.5 Å². The van der Waals surface area contributed by atoms with Crippen molar-refractivity contribution in [3.05, 3.63) is 88.4 Å². The molecule has 3 N–H and O–H groups in total. The maximum Gasteiger partial charge on any atom is 0.355 e. The largest absolute Gasteiger partial charge is 0.466 e. The molecule has 2 aromatic carbocycles. The molecule has 0 saturated heterocycles. The van der Waals surface area contributed by atoms with Crippen molar-refractivity contribution >= 4 is 23.5 Å². The molecule has 1 aliphatic heterocycles. The SMILES string of the molecule is COC(=O)C1=C(C(=O)OC)N(c2ccccc2C(=O)NC2CCCCCCC2)C(N)=C(C#N)C1c1ccccc1. The molecule has 1 atom stereocenters. The summed E-state index contributed by atoms with van der Waals surface area (Å²) in [5.41, 5.74) is 7.39. The Labute approximate surface area is 234 Å². The van der Waals surface area contributed by atoms with Crippen LogP contribution >= 0.6 is 0 Å². The molecular formula is C31H34N4O5. The van der Waals surface area contributed by atoms with Crippen molar-refractivity contribution < 1.29 is 23.9 Å². The molecule has 2 aromatic rings. The van der Waals surface area contributed by atoms with Crippen LogP contribution in [0.25, 0.3) is 0 Å². The van der Waals surface area contributed by atoms with E-state index in [4.69, 9.17) is 15.2 Å². The molecule has 0 aromatic heterocycles. The van der Waals surface area contributed by atoms with Gasteiger partial charge in [0, 0.05) is 6.04 Å². The highest BCUT2D eigenvalue weighted by Gasteiger charge is 2.43. The van der Waals surface area contributed by atoms with Crippen molar-refractivity contribution in [2.24, 2.45) is 5.73 Å². The Morgan fingerprint density at radius 1 is 0.900 bits per heavy atom. The lowest BCUT2D eigenvalue weighted by Crippen LogP contribution is -2.42. The summed E-state index contributed by atoms with van der Waals surface area (Å²) < 4.78 is 10.2. The van der Waals surface area contributed by atoms with Gasteiger partial charge in [0.1, 0.15) is 11.5 Å². The van der Waals surface area contributed by atoms with Crippen LogP contribution in [0.1, 0.15) is 66.8 Å². The van der Waals surface area contributed by atoms with Gasteiger partial charge in [-0.1, -0.05) is 74.6 Å². The number of carbonyl (C=O) groups is 3. The first-order chi connectivity index (χ1) is 19.4. The quantitative estimate of drug-likeness (QED) is 0.512. The van der Waals surface area contributed by atoms with Crippen molar-refractivity contribution in [2.45, 2.75) is 56.9 Å². The van der Waals surface area contributed by atoms with Gasteiger partial charge in [-0.25, -0.2) is 9.59 Å². The van der Waals surface area contributed by atoms with E-state index in [1.54, 1.807) is 54.6 Å². The molecular weight excluding hydrogens is 508 g/mol. The number of methoxy groups -OCH3 is 2. The van der Waals surface area contributed by atoms with E-state index < -0.39 is 17.9 Å². The van der Waals surface area contributed by atoms with Gasteiger partial charge < -0.3 is 20.5 Å². The van der Waals surface area contributed by atoms with Crippen molar-refractivity contribution in [3.8, 4) is 6.07 Å². The van der Waals surface area contributed by atoms with Gasteiger partial charge in [-0.3, -0.25) is 9.69 Å². The summed E-state index contributed by atoms with van der Waals surface area (Å²) in [6.07, 6.45) is 7.34. The number of carbonyl (C=O) groups excluding carboxylic acids is 3. The van der Waals surface area contributed by atoms with Crippen LogP contribution in [0.2, 0.25) is 0 Å². The number of para-hydroxylation sites is 1. The van der Waals surface area contributed by atoms with E-state index in [0.717, 1.165) is 38.5 Å². The normalized spacial score (nSPS) is 18.3. The Hall–Kier alpha value is -4.58. The molecule has 0 bridgehead atoms. The Morgan fingerprint density at radius 2 is 1.50 bits per heavy atom. The minimum atomic E-state index is -0.986. The number of hydrogen-bond donors (Lipinski definition) is 2. The molecule has 4 rings (SSSR count). The number of anilines is 1. The molecule has 1 heterocycles. The van der Waals surface area contributed by atoms with Crippen LogP contribution in [-0.4, -0.2) is 38.1 Å². The minimum Gasteiger partial charge on any atom is -0.466 e. The number of rotatable bonds is 6. The molecule has 0 spiro atoms. The molecule has 1 saturated carbocycles. The third-order valence-corrected chi connectivity index (χ3v) is 7.44. The molecule has 9 heteroatoms. The van der Waals surface area contributed by atoms with Crippen LogP contribution < -0.4 is 16.0 Å². The summed E-state index contributed by atoms with van der Waals surface area (Å²) in [5, 5.41) is 13.4. The molecule has 1 aliphatic carbocycles. The van der Waals surface area contributed by atoms with Gasteiger partial charge in [0.2, 0.25) is 0 Å². The molecule has 40 heavy (non-hydrogen) atoms. The smallest absolute Gasteiger partial charge is 0.355 e. The lowest BCUT2D eigenvalue weighted by atomic mass is 9.80. The number of benzene rings is 2. The van der Waals surface area contributed by atoms with E-state index in [1.807, 2.05) is 0 Å². The van der Waals surface area contributed by atoms with Gasteiger partial charge in [-0.05, 0) is 30.5 Å². The summed E-state index contributed by atoms with van der Waals surface area (Å²) in [7, 11) is 2.38. The standard InChI is InChI=1S/C31H34N4O5/c1-39-30(37)26-25(20-13-7-6-8-14-20)23(19-32)28(33)35(27(26)31(38)40-2)24-18-12-11-17-22(24)29(36)34-21-15-9-4-3-5-10-16-21/h6-8,11-14,17-18,21,25H,3-5,9-10,15-16,33H2,1-2H3,(H,34,36).